The van der Waals surface area contributed by atoms with Gasteiger partial charge < -0.3 is 10.6 Å². The molecule has 1 aliphatic rings. The summed E-state index contributed by atoms with van der Waals surface area (Å²) in [5, 5.41) is 5.64. The van der Waals surface area contributed by atoms with E-state index in [1.165, 1.54) is 39.0 Å². The van der Waals surface area contributed by atoms with E-state index in [1.807, 2.05) is 24.3 Å². The Hall–Kier alpha value is -2.10. The Morgan fingerprint density at radius 3 is 2.52 bits per heavy atom. The Morgan fingerprint density at radius 2 is 1.87 bits per heavy atom. The topological polar surface area (TPSA) is 58.2 Å². The Morgan fingerprint density at radius 1 is 1.17 bits per heavy atom. The average Bonchev–Trinajstić information content (AvgIpc) is 3.04. The lowest BCUT2D eigenvalue weighted by atomic mass is 10.0. The van der Waals surface area contributed by atoms with Gasteiger partial charge in [0.2, 0.25) is 11.8 Å². The van der Waals surface area contributed by atoms with Gasteiger partial charge in [-0.05, 0) is 42.5 Å². The number of anilines is 1. The van der Waals surface area contributed by atoms with E-state index in [4.69, 9.17) is 0 Å². The highest BCUT2D eigenvalue weighted by atomic mass is 16.2. The third-order valence-corrected chi connectivity index (χ3v) is 4.22. The molecule has 2 rings (SSSR count). The third kappa shape index (κ3) is 6.68. The third-order valence-electron chi connectivity index (χ3n) is 4.22. The van der Waals surface area contributed by atoms with Crippen molar-refractivity contribution >= 4 is 23.6 Å². The van der Waals surface area contributed by atoms with Crippen molar-refractivity contribution in [3.05, 3.63) is 35.9 Å². The van der Waals surface area contributed by atoms with Crippen molar-refractivity contribution in [3.8, 4) is 0 Å². The van der Waals surface area contributed by atoms with Gasteiger partial charge >= 0.3 is 0 Å². The first-order valence-electron chi connectivity index (χ1n) is 8.47. The van der Waals surface area contributed by atoms with Gasteiger partial charge in [0.25, 0.3) is 0 Å². The quantitative estimate of drug-likeness (QED) is 0.595. The minimum atomic E-state index is -0.0923. The number of carbonyl (C=O) groups excluding carboxylic acids is 2. The van der Waals surface area contributed by atoms with E-state index in [0.717, 1.165) is 30.1 Å². The normalized spacial score (nSPS) is 15.0. The van der Waals surface area contributed by atoms with Gasteiger partial charge in [-0.25, -0.2) is 0 Å². The summed E-state index contributed by atoms with van der Waals surface area (Å²) in [6.07, 6.45) is 11.1. The maximum absolute atomic E-state index is 11.8. The van der Waals surface area contributed by atoms with Crippen molar-refractivity contribution in [3.63, 3.8) is 0 Å². The number of benzene rings is 1. The molecular weight excluding hydrogens is 288 g/mol. The second-order valence-corrected chi connectivity index (χ2v) is 6.22. The standard InChI is InChI=1S/C19H26N2O2/c1-15(22)21-18-11-8-17(9-12-18)10-13-19(23)20-14-4-7-16-5-2-3-6-16/h8-13,16H,2-7,14H2,1H3,(H,20,23)(H,21,22)/b13-10+. The molecule has 0 aliphatic heterocycles. The van der Waals surface area contributed by atoms with Gasteiger partial charge in [-0.3, -0.25) is 9.59 Å². The van der Waals surface area contributed by atoms with E-state index in [0.29, 0.717) is 0 Å². The molecule has 2 amide bonds. The predicted molar refractivity (Wildman–Crippen MR) is 94.0 cm³/mol. The van der Waals surface area contributed by atoms with E-state index in [9.17, 15) is 9.59 Å². The summed E-state index contributed by atoms with van der Waals surface area (Å²) in [6, 6.07) is 7.38. The molecule has 1 aromatic carbocycles. The Labute approximate surface area is 138 Å². The molecule has 0 unspecified atom stereocenters. The maximum Gasteiger partial charge on any atom is 0.243 e. The van der Waals surface area contributed by atoms with Gasteiger partial charge in [-0.2, -0.15) is 0 Å². The lowest BCUT2D eigenvalue weighted by molar-refractivity contribution is -0.116. The predicted octanol–water partition coefficient (Wildman–Crippen LogP) is 3.74. The lowest BCUT2D eigenvalue weighted by Gasteiger charge is -2.08. The van der Waals surface area contributed by atoms with E-state index in [2.05, 4.69) is 10.6 Å². The van der Waals surface area contributed by atoms with Crippen LogP contribution in [0.5, 0.6) is 0 Å². The summed E-state index contributed by atoms with van der Waals surface area (Å²) in [6.45, 7) is 2.23. The van der Waals surface area contributed by atoms with Gasteiger partial charge in [0.15, 0.2) is 0 Å². The fourth-order valence-electron chi connectivity index (χ4n) is 3.01. The molecule has 2 N–H and O–H groups in total. The molecule has 4 nitrogen and oxygen atoms in total. The molecule has 1 fully saturated rings. The number of carbonyl (C=O) groups is 2. The highest BCUT2D eigenvalue weighted by Gasteiger charge is 2.13. The summed E-state index contributed by atoms with van der Waals surface area (Å²) in [4.78, 5) is 22.7. The van der Waals surface area contributed by atoms with E-state index in [-0.39, 0.29) is 11.8 Å². The van der Waals surface area contributed by atoms with Crippen LogP contribution in [0, 0.1) is 5.92 Å². The largest absolute Gasteiger partial charge is 0.353 e. The Kier molecular flexibility index (Phi) is 6.85. The highest BCUT2D eigenvalue weighted by Crippen LogP contribution is 2.28. The summed E-state index contributed by atoms with van der Waals surface area (Å²) < 4.78 is 0. The van der Waals surface area contributed by atoms with Crippen LogP contribution in [0.4, 0.5) is 5.69 Å². The number of rotatable bonds is 7. The van der Waals surface area contributed by atoms with E-state index in [1.54, 1.807) is 12.2 Å². The zero-order valence-corrected chi connectivity index (χ0v) is 13.8. The second-order valence-electron chi connectivity index (χ2n) is 6.22. The first kappa shape index (κ1) is 17.3. The summed E-state index contributed by atoms with van der Waals surface area (Å²) >= 11 is 0. The fraction of sp³-hybridized carbons (Fsp3) is 0.474. The lowest BCUT2D eigenvalue weighted by Crippen LogP contribution is -2.22. The van der Waals surface area contributed by atoms with Crippen LogP contribution in [0.1, 0.15) is 51.0 Å². The van der Waals surface area contributed by atoms with Gasteiger partial charge in [0, 0.05) is 25.2 Å². The molecule has 124 valence electrons. The van der Waals surface area contributed by atoms with Crippen LogP contribution in [0.3, 0.4) is 0 Å². The smallest absolute Gasteiger partial charge is 0.243 e. The average molecular weight is 314 g/mol. The Balaban J connectivity index is 1.67. The molecule has 0 radical (unpaired) electrons. The zero-order chi connectivity index (χ0) is 16.5. The molecule has 0 spiro atoms. The van der Waals surface area contributed by atoms with Crippen LogP contribution in [-0.2, 0) is 9.59 Å². The van der Waals surface area contributed by atoms with E-state index >= 15 is 0 Å². The molecule has 0 aromatic heterocycles. The SMILES string of the molecule is CC(=O)Nc1ccc(/C=C/C(=O)NCCCC2CCCC2)cc1. The summed E-state index contributed by atoms with van der Waals surface area (Å²) in [5.41, 5.74) is 1.69. The second kappa shape index (κ2) is 9.13. The minimum absolute atomic E-state index is 0.0534. The molecular formula is C19H26N2O2. The number of hydrogen-bond acceptors (Lipinski definition) is 2. The molecule has 1 aliphatic carbocycles. The molecule has 1 aromatic rings. The maximum atomic E-state index is 11.8. The van der Waals surface area contributed by atoms with Gasteiger partial charge in [0.05, 0.1) is 0 Å². The van der Waals surface area contributed by atoms with Crippen molar-refractivity contribution in [2.24, 2.45) is 5.92 Å². The van der Waals surface area contributed by atoms with Crippen LogP contribution in [0.2, 0.25) is 0 Å². The Bertz CT molecular complexity index is 543. The van der Waals surface area contributed by atoms with Crippen LogP contribution in [0.15, 0.2) is 30.3 Å². The zero-order valence-electron chi connectivity index (χ0n) is 13.8. The highest BCUT2D eigenvalue weighted by molar-refractivity contribution is 5.92. The molecule has 0 bridgehead atoms. The van der Waals surface area contributed by atoms with Crippen molar-refractivity contribution in [1.29, 1.82) is 0 Å². The van der Waals surface area contributed by atoms with Crippen LogP contribution >= 0.6 is 0 Å². The number of nitrogens with one attached hydrogen (secondary N) is 2. The van der Waals surface area contributed by atoms with Crippen LogP contribution < -0.4 is 10.6 Å². The van der Waals surface area contributed by atoms with Crippen molar-refractivity contribution in [1.82, 2.24) is 5.32 Å². The first-order valence-corrected chi connectivity index (χ1v) is 8.47. The monoisotopic (exact) mass is 314 g/mol. The van der Waals surface area contributed by atoms with Gasteiger partial charge in [-0.15, -0.1) is 0 Å². The van der Waals surface area contributed by atoms with Gasteiger partial charge in [-0.1, -0.05) is 37.8 Å². The molecule has 1 saturated carbocycles. The molecule has 23 heavy (non-hydrogen) atoms. The van der Waals surface area contributed by atoms with Crippen molar-refractivity contribution in [2.75, 3.05) is 11.9 Å². The van der Waals surface area contributed by atoms with E-state index < -0.39 is 0 Å². The van der Waals surface area contributed by atoms with Crippen LogP contribution in [0.25, 0.3) is 6.08 Å². The first-order chi connectivity index (χ1) is 11.1. The molecule has 4 heteroatoms. The van der Waals surface area contributed by atoms with Crippen molar-refractivity contribution in [2.45, 2.75) is 45.4 Å². The van der Waals surface area contributed by atoms with Crippen molar-refractivity contribution < 1.29 is 9.59 Å². The molecule has 0 saturated heterocycles. The van der Waals surface area contributed by atoms with Gasteiger partial charge in [0.1, 0.15) is 0 Å². The summed E-state index contributed by atoms with van der Waals surface area (Å²) in [5.74, 6) is 0.734. The molecule has 0 atom stereocenters. The summed E-state index contributed by atoms with van der Waals surface area (Å²) in [7, 11) is 0. The minimum Gasteiger partial charge on any atom is -0.353 e. The number of hydrogen-bond donors (Lipinski definition) is 2. The molecule has 0 heterocycles. The fourth-order valence-corrected chi connectivity index (χ4v) is 3.01. The number of amides is 2. The van der Waals surface area contributed by atoms with Crippen LogP contribution in [-0.4, -0.2) is 18.4 Å².